The zero-order chi connectivity index (χ0) is 17.6. The molecule has 24 heavy (non-hydrogen) atoms. The van der Waals surface area contributed by atoms with E-state index in [1.165, 1.54) is 10.4 Å². The van der Waals surface area contributed by atoms with Gasteiger partial charge in [-0.15, -0.1) is 0 Å². The second kappa shape index (κ2) is 7.88. The summed E-state index contributed by atoms with van der Waals surface area (Å²) >= 11 is 0. The molecule has 0 amide bonds. The van der Waals surface area contributed by atoms with E-state index in [2.05, 4.69) is 45.0 Å². The maximum atomic E-state index is 10.7. The minimum Gasteiger partial charge on any atom is -0.407 e. The quantitative estimate of drug-likeness (QED) is 0.621. The third kappa shape index (κ3) is 3.83. The maximum Gasteiger partial charge on any atom is 0.261 e. The first-order valence-corrected chi connectivity index (χ1v) is 10.2. The van der Waals surface area contributed by atoms with Crippen molar-refractivity contribution in [3.8, 4) is 0 Å². The zero-order valence-corrected chi connectivity index (χ0v) is 15.6. The predicted octanol–water partition coefficient (Wildman–Crippen LogP) is 2.51. The molecule has 2 aromatic carbocycles. The van der Waals surface area contributed by atoms with Crippen molar-refractivity contribution in [1.82, 2.24) is 0 Å². The lowest BCUT2D eigenvalue weighted by atomic mass is 10.2. The van der Waals surface area contributed by atoms with Gasteiger partial charge in [-0.05, 0) is 15.4 Å². The van der Waals surface area contributed by atoms with Crippen LogP contribution >= 0.6 is 0 Å². The Morgan fingerprint density at radius 2 is 1.46 bits per heavy atom. The molecule has 3 nitrogen and oxygen atoms in total. The molecule has 1 N–H and O–H groups in total. The Kier molecular flexibility index (Phi) is 6.10. The number of benzene rings is 2. The van der Waals surface area contributed by atoms with Crippen LogP contribution in [0.2, 0.25) is 5.04 Å². The van der Waals surface area contributed by atoms with E-state index in [0.717, 1.165) is 0 Å². The van der Waals surface area contributed by atoms with Gasteiger partial charge < -0.3 is 14.3 Å². The highest BCUT2D eigenvalue weighted by atomic mass is 28.4. The Hall–Kier alpha value is -1.75. The van der Waals surface area contributed by atoms with Crippen LogP contribution in [0.1, 0.15) is 27.2 Å². The van der Waals surface area contributed by atoms with Crippen molar-refractivity contribution in [2.24, 2.45) is 0 Å². The second-order valence-electron chi connectivity index (χ2n) is 7.00. The molecule has 1 unspecified atom stereocenters. The molecule has 0 saturated carbocycles. The van der Waals surface area contributed by atoms with Gasteiger partial charge in [0.2, 0.25) is 0 Å². The number of aldehydes is 1. The lowest BCUT2D eigenvalue weighted by molar-refractivity contribution is -0.115. The smallest absolute Gasteiger partial charge is 0.261 e. The number of rotatable bonds is 7. The van der Waals surface area contributed by atoms with Crippen molar-refractivity contribution in [3.63, 3.8) is 0 Å². The summed E-state index contributed by atoms with van der Waals surface area (Å²) in [6.45, 7) is 6.97. The first-order chi connectivity index (χ1) is 11.4. The van der Waals surface area contributed by atoms with Crippen LogP contribution in [-0.2, 0) is 9.22 Å². The highest BCUT2D eigenvalue weighted by Gasteiger charge is 2.49. The summed E-state index contributed by atoms with van der Waals surface area (Å²) in [5.74, 6) is 0. The lowest BCUT2D eigenvalue weighted by Crippen LogP contribution is -2.66. The van der Waals surface area contributed by atoms with E-state index >= 15 is 0 Å². The molecular weight excluding hydrogens is 316 g/mol. The molecule has 1 atom stereocenters. The Morgan fingerprint density at radius 3 is 1.83 bits per heavy atom. The molecular formula is C20H26O3Si. The van der Waals surface area contributed by atoms with Crippen molar-refractivity contribution < 1.29 is 14.3 Å². The predicted molar refractivity (Wildman–Crippen MR) is 100 cm³/mol. The van der Waals surface area contributed by atoms with Gasteiger partial charge in [-0.25, -0.2) is 0 Å². The van der Waals surface area contributed by atoms with Gasteiger partial charge in [-0.2, -0.15) is 0 Å². The summed E-state index contributed by atoms with van der Waals surface area (Å²) in [6.07, 6.45) is -0.0916. The fourth-order valence-corrected chi connectivity index (χ4v) is 7.74. The zero-order valence-electron chi connectivity index (χ0n) is 14.6. The minimum atomic E-state index is -2.56. The normalized spacial score (nSPS) is 13.5. The summed E-state index contributed by atoms with van der Waals surface area (Å²) in [6, 6.07) is 20.7. The Morgan fingerprint density at radius 1 is 1.00 bits per heavy atom. The number of hydrogen-bond acceptors (Lipinski definition) is 3. The van der Waals surface area contributed by atoms with Crippen LogP contribution in [0.3, 0.4) is 0 Å². The van der Waals surface area contributed by atoms with Gasteiger partial charge in [0.1, 0.15) is 12.4 Å². The topological polar surface area (TPSA) is 46.5 Å². The average molecular weight is 343 g/mol. The van der Waals surface area contributed by atoms with Crippen molar-refractivity contribution in [2.45, 2.75) is 38.3 Å². The Labute approximate surface area is 145 Å². The first-order valence-electron chi connectivity index (χ1n) is 8.30. The van der Waals surface area contributed by atoms with Crippen molar-refractivity contribution >= 4 is 25.0 Å². The molecule has 0 fully saturated rings. The van der Waals surface area contributed by atoms with Crippen LogP contribution in [0.25, 0.3) is 0 Å². The number of aliphatic hydroxyl groups excluding tert-OH is 1. The number of aliphatic hydroxyl groups is 1. The molecule has 0 radical (unpaired) electrons. The molecule has 0 heterocycles. The summed E-state index contributed by atoms with van der Waals surface area (Å²) in [7, 11) is -2.56. The lowest BCUT2D eigenvalue weighted by Gasteiger charge is -2.43. The summed E-state index contributed by atoms with van der Waals surface area (Å²) < 4.78 is 6.56. The SMILES string of the molecule is CC(C)(C)[Si](OCCC(O)C=O)(c1ccccc1)c1ccccc1. The minimum absolute atomic E-state index is 0.0954. The third-order valence-corrected chi connectivity index (χ3v) is 9.35. The molecule has 0 aliphatic rings. The van der Waals surface area contributed by atoms with Crippen LogP contribution in [0, 0.1) is 0 Å². The van der Waals surface area contributed by atoms with Gasteiger partial charge in [0, 0.05) is 13.0 Å². The highest BCUT2D eigenvalue weighted by molar-refractivity contribution is 6.99. The van der Waals surface area contributed by atoms with Crippen molar-refractivity contribution in [3.05, 3.63) is 60.7 Å². The monoisotopic (exact) mass is 342 g/mol. The van der Waals surface area contributed by atoms with Crippen LogP contribution in [-0.4, -0.2) is 32.4 Å². The molecule has 0 saturated heterocycles. The fraction of sp³-hybridized carbons (Fsp3) is 0.350. The highest BCUT2D eigenvalue weighted by Crippen LogP contribution is 2.36. The summed E-state index contributed by atoms with van der Waals surface area (Å²) in [5.41, 5.74) is 0. The molecule has 0 spiro atoms. The molecule has 4 heteroatoms. The van der Waals surface area contributed by atoms with Gasteiger partial charge in [0.25, 0.3) is 8.32 Å². The van der Waals surface area contributed by atoms with Gasteiger partial charge in [0.05, 0.1) is 0 Å². The average Bonchev–Trinajstić information content (AvgIpc) is 2.59. The van der Waals surface area contributed by atoms with Gasteiger partial charge in [-0.3, -0.25) is 0 Å². The largest absolute Gasteiger partial charge is 0.407 e. The fourth-order valence-electron chi connectivity index (χ4n) is 3.16. The van der Waals surface area contributed by atoms with E-state index in [-0.39, 0.29) is 5.04 Å². The Balaban J connectivity index is 2.51. The number of carbonyl (C=O) groups excluding carboxylic acids is 1. The third-order valence-electron chi connectivity index (χ3n) is 4.31. The van der Waals surface area contributed by atoms with Gasteiger partial charge >= 0.3 is 0 Å². The van der Waals surface area contributed by atoms with E-state index in [0.29, 0.717) is 19.3 Å². The van der Waals surface area contributed by atoms with Crippen molar-refractivity contribution in [1.29, 1.82) is 0 Å². The molecule has 0 aliphatic carbocycles. The van der Waals surface area contributed by atoms with Gasteiger partial charge in [-0.1, -0.05) is 81.4 Å². The van der Waals surface area contributed by atoms with Crippen LogP contribution < -0.4 is 10.4 Å². The van der Waals surface area contributed by atoms with E-state index < -0.39 is 14.4 Å². The molecule has 2 rings (SSSR count). The van der Waals surface area contributed by atoms with Crippen LogP contribution in [0.5, 0.6) is 0 Å². The van der Waals surface area contributed by atoms with Gasteiger partial charge in [0.15, 0.2) is 0 Å². The van der Waals surface area contributed by atoms with Crippen LogP contribution in [0.15, 0.2) is 60.7 Å². The molecule has 128 valence electrons. The van der Waals surface area contributed by atoms with E-state index in [1.807, 2.05) is 36.4 Å². The van der Waals surface area contributed by atoms with Crippen molar-refractivity contribution in [2.75, 3.05) is 6.61 Å². The molecule has 2 aromatic rings. The van der Waals surface area contributed by atoms with Crippen LogP contribution in [0.4, 0.5) is 0 Å². The number of carbonyl (C=O) groups is 1. The summed E-state index contributed by atoms with van der Waals surface area (Å²) in [4.78, 5) is 10.7. The maximum absolute atomic E-state index is 10.7. The standard InChI is InChI=1S/C20H26O3Si/c1-20(2,3)24(18-10-6-4-7-11-18,19-12-8-5-9-13-19)23-15-14-17(22)16-21/h4-13,16-17,22H,14-15H2,1-3H3. The molecule has 0 bridgehead atoms. The Bertz CT molecular complexity index is 595. The first kappa shape index (κ1) is 18.6. The summed E-state index contributed by atoms with van der Waals surface area (Å²) in [5, 5.41) is 11.9. The van der Waals surface area contributed by atoms with E-state index in [9.17, 15) is 9.90 Å². The van der Waals surface area contributed by atoms with E-state index in [4.69, 9.17) is 4.43 Å². The number of hydrogen-bond donors (Lipinski definition) is 1. The molecule has 0 aliphatic heterocycles. The van der Waals surface area contributed by atoms with E-state index in [1.54, 1.807) is 0 Å². The molecule has 0 aromatic heterocycles. The second-order valence-corrected chi connectivity index (χ2v) is 11.3.